The summed E-state index contributed by atoms with van der Waals surface area (Å²) in [4.78, 5) is 0. The van der Waals surface area contributed by atoms with Crippen molar-refractivity contribution < 1.29 is 4.42 Å². The Labute approximate surface area is 227 Å². The second kappa shape index (κ2) is 10.1. The third-order valence-corrected chi connectivity index (χ3v) is 8.33. The summed E-state index contributed by atoms with van der Waals surface area (Å²) in [5, 5.41) is 0. The third kappa shape index (κ3) is 4.63. The highest BCUT2D eigenvalue weighted by Crippen LogP contribution is 2.49. The van der Waals surface area contributed by atoms with Crippen molar-refractivity contribution in [3.63, 3.8) is 0 Å². The van der Waals surface area contributed by atoms with Crippen molar-refractivity contribution in [2.24, 2.45) is 5.92 Å². The first-order valence-corrected chi connectivity index (χ1v) is 13.9. The predicted octanol–water partition coefficient (Wildman–Crippen LogP) is 10.5. The molecule has 190 valence electrons. The maximum Gasteiger partial charge on any atom is 0.130 e. The van der Waals surface area contributed by atoms with E-state index in [4.69, 9.17) is 4.42 Å². The van der Waals surface area contributed by atoms with Crippen LogP contribution in [0.4, 0.5) is 0 Å². The standard InChI is InChI=1S/C37H36O/c1-24(2)27-14-16-29(17-15-27)32-11-8-12-33-34(36(23-35(32)33)37-20-13-26(4)38-37)19-18-30-22-31(21-25(30)3)28-9-6-5-7-10-28/h5-17,20-24,30,34H,18-19H2,1-4H3. The van der Waals surface area contributed by atoms with Gasteiger partial charge in [-0.05, 0) is 95.7 Å². The van der Waals surface area contributed by atoms with Gasteiger partial charge in [0.05, 0.1) is 0 Å². The number of hydrogen-bond acceptors (Lipinski definition) is 1. The van der Waals surface area contributed by atoms with Gasteiger partial charge in [0, 0.05) is 11.5 Å². The number of benzene rings is 3. The van der Waals surface area contributed by atoms with E-state index in [2.05, 4.69) is 124 Å². The van der Waals surface area contributed by atoms with Gasteiger partial charge in [-0.15, -0.1) is 0 Å². The summed E-state index contributed by atoms with van der Waals surface area (Å²) in [7, 11) is 0. The van der Waals surface area contributed by atoms with E-state index in [9.17, 15) is 0 Å². The van der Waals surface area contributed by atoms with Crippen LogP contribution in [-0.4, -0.2) is 0 Å². The summed E-state index contributed by atoms with van der Waals surface area (Å²) >= 11 is 0. The van der Waals surface area contributed by atoms with Gasteiger partial charge in [-0.25, -0.2) is 0 Å². The first kappa shape index (κ1) is 24.5. The van der Waals surface area contributed by atoms with Crippen LogP contribution in [0.1, 0.15) is 79.2 Å². The minimum Gasteiger partial charge on any atom is -0.462 e. The Balaban J connectivity index is 1.33. The van der Waals surface area contributed by atoms with E-state index in [0.29, 0.717) is 17.8 Å². The average molecular weight is 497 g/mol. The van der Waals surface area contributed by atoms with Crippen LogP contribution in [0.2, 0.25) is 0 Å². The fourth-order valence-corrected chi connectivity index (χ4v) is 6.13. The topological polar surface area (TPSA) is 13.1 Å². The van der Waals surface area contributed by atoms with Crippen LogP contribution in [0.25, 0.3) is 28.3 Å². The zero-order valence-corrected chi connectivity index (χ0v) is 22.9. The van der Waals surface area contributed by atoms with Gasteiger partial charge in [0.15, 0.2) is 0 Å². The van der Waals surface area contributed by atoms with Crippen molar-refractivity contribution in [2.45, 2.75) is 52.4 Å². The van der Waals surface area contributed by atoms with E-state index < -0.39 is 0 Å². The molecule has 2 unspecified atom stereocenters. The average Bonchev–Trinajstić information content (AvgIpc) is 3.64. The Morgan fingerprint density at radius 1 is 0.737 bits per heavy atom. The smallest absolute Gasteiger partial charge is 0.130 e. The van der Waals surface area contributed by atoms with Gasteiger partial charge in [-0.2, -0.15) is 0 Å². The summed E-state index contributed by atoms with van der Waals surface area (Å²) in [6, 6.07) is 30.9. The summed E-state index contributed by atoms with van der Waals surface area (Å²) in [6.45, 7) is 8.82. The summed E-state index contributed by atoms with van der Waals surface area (Å²) in [5.41, 5.74) is 12.2. The molecule has 2 aliphatic carbocycles. The fourth-order valence-electron chi connectivity index (χ4n) is 6.13. The quantitative estimate of drug-likeness (QED) is 0.248. The van der Waals surface area contributed by atoms with Gasteiger partial charge >= 0.3 is 0 Å². The van der Waals surface area contributed by atoms with Gasteiger partial charge in [-0.1, -0.05) is 104 Å². The number of allylic oxidation sites excluding steroid dienone is 5. The number of rotatable bonds is 7. The highest BCUT2D eigenvalue weighted by molar-refractivity contribution is 5.95. The number of fused-ring (bicyclic) bond motifs is 1. The molecule has 3 aromatic carbocycles. The zero-order chi connectivity index (χ0) is 26.2. The van der Waals surface area contributed by atoms with Crippen molar-refractivity contribution >= 4 is 17.2 Å². The normalized spacial score (nSPS) is 18.4. The second-order valence-electron chi connectivity index (χ2n) is 11.2. The predicted molar refractivity (Wildman–Crippen MR) is 161 cm³/mol. The first-order chi connectivity index (χ1) is 18.5. The molecule has 6 rings (SSSR count). The minimum absolute atomic E-state index is 0.326. The van der Waals surface area contributed by atoms with Crippen molar-refractivity contribution in [1.82, 2.24) is 0 Å². The number of aryl methyl sites for hydroxylation is 1. The molecule has 0 radical (unpaired) electrons. The molecule has 2 atom stereocenters. The number of furan rings is 1. The molecule has 1 nitrogen and oxygen atoms in total. The molecule has 38 heavy (non-hydrogen) atoms. The second-order valence-corrected chi connectivity index (χ2v) is 11.2. The van der Waals surface area contributed by atoms with Crippen LogP contribution < -0.4 is 0 Å². The molecule has 0 N–H and O–H groups in total. The van der Waals surface area contributed by atoms with Crippen molar-refractivity contribution in [1.29, 1.82) is 0 Å². The van der Waals surface area contributed by atoms with Crippen molar-refractivity contribution in [2.75, 3.05) is 0 Å². The maximum absolute atomic E-state index is 6.19. The van der Waals surface area contributed by atoms with E-state index in [1.54, 1.807) is 0 Å². The van der Waals surface area contributed by atoms with Crippen LogP contribution in [0.5, 0.6) is 0 Å². The molecule has 2 aliphatic rings. The Bertz CT molecular complexity index is 1540. The molecular formula is C37H36O. The van der Waals surface area contributed by atoms with E-state index >= 15 is 0 Å². The van der Waals surface area contributed by atoms with E-state index in [-0.39, 0.29) is 0 Å². The van der Waals surface area contributed by atoms with E-state index in [1.807, 2.05) is 6.92 Å². The zero-order valence-electron chi connectivity index (χ0n) is 22.9. The monoisotopic (exact) mass is 496 g/mol. The molecule has 4 aromatic rings. The molecular weight excluding hydrogens is 460 g/mol. The Morgan fingerprint density at radius 2 is 1.53 bits per heavy atom. The highest BCUT2D eigenvalue weighted by atomic mass is 16.3. The van der Waals surface area contributed by atoms with Gasteiger partial charge in [0.1, 0.15) is 11.5 Å². The SMILES string of the molecule is CC1=CC(c2ccccc2)=CC1CCC1C(c2ccc(C)o2)=Cc2c(-c3ccc(C(C)C)cc3)cccc21. The van der Waals surface area contributed by atoms with Crippen molar-refractivity contribution in [3.8, 4) is 11.1 Å². The molecule has 0 spiro atoms. The van der Waals surface area contributed by atoms with Crippen LogP contribution in [-0.2, 0) is 0 Å². The Hall–Kier alpha value is -3.84. The molecule has 0 fully saturated rings. The molecule has 0 amide bonds. The summed E-state index contributed by atoms with van der Waals surface area (Å²) < 4.78 is 6.19. The fraction of sp³-hybridized carbons (Fsp3) is 0.243. The summed E-state index contributed by atoms with van der Waals surface area (Å²) in [6.07, 6.45) is 9.43. The van der Waals surface area contributed by atoms with Crippen molar-refractivity contribution in [3.05, 3.63) is 136 Å². The Kier molecular flexibility index (Phi) is 6.54. The molecule has 1 aromatic heterocycles. The van der Waals surface area contributed by atoms with Crippen LogP contribution >= 0.6 is 0 Å². The molecule has 0 bridgehead atoms. The molecule has 0 saturated heterocycles. The summed E-state index contributed by atoms with van der Waals surface area (Å²) in [5.74, 6) is 3.30. The van der Waals surface area contributed by atoms with E-state index in [1.165, 1.54) is 50.1 Å². The molecule has 0 saturated carbocycles. The lowest BCUT2D eigenvalue weighted by molar-refractivity contribution is 0.513. The molecule has 1 heteroatoms. The minimum atomic E-state index is 0.326. The van der Waals surface area contributed by atoms with Gasteiger partial charge in [-0.3, -0.25) is 0 Å². The molecule has 0 aliphatic heterocycles. The lowest BCUT2D eigenvalue weighted by Gasteiger charge is -2.19. The van der Waals surface area contributed by atoms with Gasteiger partial charge < -0.3 is 4.42 Å². The third-order valence-electron chi connectivity index (χ3n) is 8.33. The van der Waals surface area contributed by atoms with E-state index in [0.717, 1.165) is 24.4 Å². The Morgan fingerprint density at radius 3 is 2.24 bits per heavy atom. The first-order valence-electron chi connectivity index (χ1n) is 13.9. The van der Waals surface area contributed by atoms with Crippen LogP contribution in [0.3, 0.4) is 0 Å². The highest BCUT2D eigenvalue weighted by Gasteiger charge is 2.31. The largest absolute Gasteiger partial charge is 0.462 e. The lowest BCUT2D eigenvalue weighted by Crippen LogP contribution is -2.03. The van der Waals surface area contributed by atoms with Gasteiger partial charge in [0.2, 0.25) is 0 Å². The number of hydrogen-bond donors (Lipinski definition) is 0. The lowest BCUT2D eigenvalue weighted by atomic mass is 9.85. The van der Waals surface area contributed by atoms with Gasteiger partial charge in [0.25, 0.3) is 0 Å². The maximum atomic E-state index is 6.19. The molecule has 1 heterocycles. The van der Waals surface area contributed by atoms with Crippen LogP contribution in [0.15, 0.2) is 107 Å². The van der Waals surface area contributed by atoms with Crippen LogP contribution in [0, 0.1) is 12.8 Å².